The Morgan fingerprint density at radius 1 is 0.906 bits per heavy atom. The molecule has 3 aromatic carbocycles. The van der Waals surface area contributed by atoms with Crippen molar-refractivity contribution < 1.29 is 17.6 Å². The van der Waals surface area contributed by atoms with E-state index in [2.05, 4.69) is 15.2 Å². The van der Waals surface area contributed by atoms with Gasteiger partial charge in [-0.1, -0.05) is 42.5 Å². The molecule has 32 heavy (non-hydrogen) atoms. The second-order valence-electron chi connectivity index (χ2n) is 7.01. The highest BCUT2D eigenvalue weighted by Gasteiger charge is 2.17. The minimum atomic E-state index is -3.76. The molecule has 1 heterocycles. The van der Waals surface area contributed by atoms with Gasteiger partial charge in [-0.2, -0.15) is 9.89 Å². The van der Waals surface area contributed by atoms with Crippen LogP contribution in [0.1, 0.15) is 6.92 Å². The third kappa shape index (κ3) is 4.68. The number of nitrogens with zero attached hydrogens (tertiary/aromatic N) is 2. The van der Waals surface area contributed by atoms with E-state index in [1.807, 2.05) is 0 Å². The normalized spacial score (nSPS) is 11.2. The molecule has 0 saturated carbocycles. The summed E-state index contributed by atoms with van der Waals surface area (Å²) in [4.78, 5) is 12.8. The third-order valence-corrected chi connectivity index (χ3v) is 6.00. The molecule has 0 aliphatic heterocycles. The number of carbonyl (C=O) groups excluding carboxylic acids is 1. The van der Waals surface area contributed by atoms with E-state index in [1.165, 1.54) is 36.0 Å². The Morgan fingerprint density at radius 2 is 1.53 bits per heavy atom. The number of rotatable bonds is 6. The summed E-state index contributed by atoms with van der Waals surface area (Å²) in [6.07, 6.45) is 1.62. The summed E-state index contributed by atoms with van der Waals surface area (Å²) in [7, 11) is -3.76. The largest absolute Gasteiger partial charge is 0.280 e. The Labute approximate surface area is 184 Å². The van der Waals surface area contributed by atoms with Crippen molar-refractivity contribution in [3.63, 3.8) is 0 Å². The van der Waals surface area contributed by atoms with Crippen LogP contribution >= 0.6 is 0 Å². The summed E-state index contributed by atoms with van der Waals surface area (Å²) < 4.78 is 41.3. The van der Waals surface area contributed by atoms with Crippen LogP contribution in [-0.2, 0) is 14.8 Å². The number of carbonyl (C=O) groups is 1. The molecule has 1 amide bonds. The fourth-order valence-corrected chi connectivity index (χ4v) is 4.22. The lowest BCUT2D eigenvalue weighted by atomic mass is 10.0. The van der Waals surface area contributed by atoms with Crippen molar-refractivity contribution in [2.45, 2.75) is 11.8 Å². The van der Waals surface area contributed by atoms with Crippen molar-refractivity contribution in [2.24, 2.45) is 0 Å². The second-order valence-corrected chi connectivity index (χ2v) is 8.69. The number of anilines is 1. The van der Waals surface area contributed by atoms with Gasteiger partial charge < -0.3 is 0 Å². The highest BCUT2D eigenvalue weighted by Crippen LogP contribution is 2.31. The molecular formula is C23H19FN4O3S. The molecule has 0 unspecified atom stereocenters. The molecule has 0 aliphatic carbocycles. The monoisotopic (exact) mass is 450 g/mol. The van der Waals surface area contributed by atoms with Crippen molar-refractivity contribution in [1.29, 1.82) is 0 Å². The molecule has 0 fully saturated rings. The van der Waals surface area contributed by atoms with Gasteiger partial charge >= 0.3 is 0 Å². The van der Waals surface area contributed by atoms with Gasteiger partial charge in [0.25, 0.3) is 10.0 Å². The van der Waals surface area contributed by atoms with Crippen molar-refractivity contribution in [3.8, 4) is 22.4 Å². The summed E-state index contributed by atoms with van der Waals surface area (Å²) in [6.45, 7) is 1.36. The van der Waals surface area contributed by atoms with Gasteiger partial charge in [-0.15, -0.1) is 0 Å². The van der Waals surface area contributed by atoms with E-state index in [9.17, 15) is 17.6 Å². The minimum absolute atomic E-state index is 0.0923. The van der Waals surface area contributed by atoms with Crippen molar-refractivity contribution in [1.82, 2.24) is 9.89 Å². The smallest absolute Gasteiger partial charge is 0.261 e. The Morgan fingerprint density at radius 3 is 2.16 bits per heavy atom. The highest BCUT2D eigenvalue weighted by molar-refractivity contribution is 7.92. The topological polar surface area (TPSA) is 93.1 Å². The molecular weight excluding hydrogens is 431 g/mol. The summed E-state index contributed by atoms with van der Waals surface area (Å²) >= 11 is 0. The van der Waals surface area contributed by atoms with E-state index < -0.39 is 10.0 Å². The van der Waals surface area contributed by atoms with E-state index in [-0.39, 0.29) is 16.6 Å². The summed E-state index contributed by atoms with van der Waals surface area (Å²) in [5.41, 5.74) is 5.51. The maximum Gasteiger partial charge on any atom is 0.261 e. The molecule has 0 saturated heterocycles. The van der Waals surface area contributed by atoms with Gasteiger partial charge in [0.1, 0.15) is 11.5 Å². The number of benzene rings is 3. The molecule has 4 aromatic rings. The molecule has 2 N–H and O–H groups in total. The molecule has 7 nitrogen and oxygen atoms in total. The average Bonchev–Trinajstić information content (AvgIpc) is 3.18. The van der Waals surface area contributed by atoms with Crippen LogP contribution in [0.3, 0.4) is 0 Å². The number of halogens is 1. The quantitative estimate of drug-likeness (QED) is 0.459. The number of para-hydroxylation sites is 1. The zero-order valence-corrected chi connectivity index (χ0v) is 17.8. The molecule has 0 spiro atoms. The third-order valence-electron chi connectivity index (χ3n) is 4.61. The highest BCUT2D eigenvalue weighted by atomic mass is 32.2. The van der Waals surface area contributed by atoms with Gasteiger partial charge in [0, 0.05) is 23.7 Å². The first-order chi connectivity index (χ1) is 15.3. The number of hydrogen-bond donors (Lipinski definition) is 2. The molecule has 0 aliphatic rings. The summed E-state index contributed by atoms with van der Waals surface area (Å²) in [5, 5.41) is 4.40. The number of aromatic nitrogens is 2. The maximum absolute atomic E-state index is 13.4. The molecule has 162 valence electrons. The standard InChI is InChI=1S/C23H19FN4O3S/c1-16(29)25-28-15-22(17-7-11-19(24)12-8-17)23(26-28)18-9-13-21(14-10-18)32(30,31)27-20-5-3-2-4-6-20/h2-15,27H,1H3,(H,25,29). The first-order valence-electron chi connectivity index (χ1n) is 9.63. The number of amides is 1. The number of hydrogen-bond acceptors (Lipinski definition) is 4. The van der Waals surface area contributed by atoms with Crippen LogP contribution in [0.4, 0.5) is 10.1 Å². The molecule has 0 bridgehead atoms. The summed E-state index contributed by atoms with van der Waals surface area (Å²) in [6, 6.07) is 20.7. The van der Waals surface area contributed by atoms with Gasteiger partial charge in [-0.25, -0.2) is 18.2 Å². The molecule has 0 atom stereocenters. The predicted octanol–water partition coefficient (Wildman–Crippen LogP) is 4.25. The molecule has 1 aromatic heterocycles. The lowest BCUT2D eigenvalue weighted by molar-refractivity contribution is -0.115. The SMILES string of the molecule is CC(=O)Nn1cc(-c2ccc(F)cc2)c(-c2ccc(S(=O)(=O)Nc3ccccc3)cc2)n1. The molecule has 9 heteroatoms. The fourth-order valence-electron chi connectivity index (χ4n) is 3.16. The van der Waals surface area contributed by atoms with Crippen molar-refractivity contribution in [3.05, 3.63) is 90.9 Å². The number of nitrogens with one attached hydrogen (secondary N) is 2. The predicted molar refractivity (Wildman–Crippen MR) is 120 cm³/mol. The molecule has 4 rings (SSSR count). The first kappa shape index (κ1) is 21.3. The van der Waals surface area contributed by atoms with Gasteiger partial charge in [-0.05, 0) is 42.0 Å². The van der Waals surface area contributed by atoms with Gasteiger partial charge in [0.05, 0.1) is 11.1 Å². The number of sulfonamides is 1. The van der Waals surface area contributed by atoms with Crippen LogP contribution in [0.2, 0.25) is 0 Å². The Bertz CT molecular complexity index is 1350. The van der Waals surface area contributed by atoms with E-state index in [0.717, 1.165) is 0 Å². The Kier molecular flexibility index (Phi) is 5.74. The average molecular weight is 450 g/mol. The summed E-state index contributed by atoms with van der Waals surface area (Å²) in [5.74, 6) is -0.678. The fraction of sp³-hybridized carbons (Fsp3) is 0.0435. The first-order valence-corrected chi connectivity index (χ1v) is 11.1. The van der Waals surface area contributed by atoms with Gasteiger partial charge in [-0.3, -0.25) is 9.52 Å². The Hall–Kier alpha value is -3.98. The second kappa shape index (κ2) is 8.64. The van der Waals surface area contributed by atoms with E-state index >= 15 is 0 Å². The zero-order chi connectivity index (χ0) is 22.7. The van der Waals surface area contributed by atoms with Crippen LogP contribution in [0.5, 0.6) is 0 Å². The minimum Gasteiger partial charge on any atom is -0.280 e. The van der Waals surface area contributed by atoms with Crippen LogP contribution in [0.25, 0.3) is 22.4 Å². The Balaban J connectivity index is 1.69. The van der Waals surface area contributed by atoms with Gasteiger partial charge in [0.2, 0.25) is 5.91 Å². The lowest BCUT2D eigenvalue weighted by Gasteiger charge is -2.09. The zero-order valence-electron chi connectivity index (χ0n) is 17.0. The van der Waals surface area contributed by atoms with Crippen LogP contribution in [0.15, 0.2) is 90.0 Å². The van der Waals surface area contributed by atoms with Crippen molar-refractivity contribution >= 4 is 21.6 Å². The van der Waals surface area contributed by atoms with Crippen LogP contribution < -0.4 is 10.1 Å². The van der Waals surface area contributed by atoms with Crippen molar-refractivity contribution in [2.75, 3.05) is 10.1 Å². The van der Waals surface area contributed by atoms with E-state index in [4.69, 9.17) is 0 Å². The maximum atomic E-state index is 13.4. The van der Waals surface area contributed by atoms with Crippen LogP contribution in [0, 0.1) is 5.82 Å². The van der Waals surface area contributed by atoms with Gasteiger partial charge in [0.15, 0.2) is 0 Å². The van der Waals surface area contributed by atoms with E-state index in [0.29, 0.717) is 28.1 Å². The van der Waals surface area contributed by atoms with Crippen LogP contribution in [-0.4, -0.2) is 24.2 Å². The lowest BCUT2D eigenvalue weighted by Crippen LogP contribution is -2.20. The van der Waals surface area contributed by atoms with E-state index in [1.54, 1.807) is 60.8 Å². The molecule has 0 radical (unpaired) electrons.